The van der Waals surface area contributed by atoms with Crippen LogP contribution < -0.4 is 0 Å². The molecular formula is C36H45F3. The van der Waals surface area contributed by atoms with Crippen LogP contribution >= 0.6 is 0 Å². The van der Waals surface area contributed by atoms with Gasteiger partial charge in [0.25, 0.3) is 0 Å². The fourth-order valence-electron chi connectivity index (χ4n) is 6.24. The Morgan fingerprint density at radius 3 is 1.90 bits per heavy atom. The topological polar surface area (TPSA) is 0 Å². The van der Waals surface area contributed by atoms with E-state index in [2.05, 4.69) is 19.9 Å². The Labute approximate surface area is 234 Å². The molecule has 1 saturated carbocycles. The number of hydrogen-bond acceptors (Lipinski definition) is 0. The van der Waals surface area contributed by atoms with E-state index in [-0.39, 0.29) is 11.4 Å². The molecular weight excluding hydrogens is 489 g/mol. The van der Waals surface area contributed by atoms with Gasteiger partial charge in [-0.3, -0.25) is 0 Å². The molecule has 0 heterocycles. The van der Waals surface area contributed by atoms with Crippen LogP contribution in [0.4, 0.5) is 13.2 Å². The van der Waals surface area contributed by atoms with E-state index in [4.69, 9.17) is 0 Å². The molecule has 0 atom stereocenters. The van der Waals surface area contributed by atoms with Gasteiger partial charge in [0, 0.05) is 11.1 Å². The molecule has 1 aliphatic rings. The van der Waals surface area contributed by atoms with E-state index in [0.717, 1.165) is 49.1 Å². The van der Waals surface area contributed by atoms with Crippen LogP contribution in [0, 0.1) is 23.4 Å². The highest BCUT2D eigenvalue weighted by atomic mass is 19.2. The minimum atomic E-state index is -0.807. The summed E-state index contributed by atoms with van der Waals surface area (Å²) in [5.74, 6) is -0.503. The van der Waals surface area contributed by atoms with Crippen LogP contribution in [0.25, 0.3) is 22.3 Å². The van der Waals surface area contributed by atoms with Crippen LogP contribution in [0.1, 0.15) is 114 Å². The first-order valence-electron chi connectivity index (χ1n) is 15.4. The van der Waals surface area contributed by atoms with Crippen molar-refractivity contribution >= 4 is 0 Å². The number of benzene rings is 3. The molecule has 3 aromatic rings. The van der Waals surface area contributed by atoms with Gasteiger partial charge in [0.15, 0.2) is 11.6 Å². The van der Waals surface area contributed by atoms with Gasteiger partial charge in [0.2, 0.25) is 0 Å². The highest BCUT2D eigenvalue weighted by Crippen LogP contribution is 2.39. The maximum Gasteiger partial charge on any atom is 0.166 e. The molecule has 0 nitrogen and oxygen atoms in total. The van der Waals surface area contributed by atoms with Gasteiger partial charge in [-0.2, -0.15) is 0 Å². The number of halogens is 3. The molecule has 4 rings (SSSR count). The van der Waals surface area contributed by atoms with Crippen molar-refractivity contribution in [2.75, 3.05) is 0 Å². The Morgan fingerprint density at radius 1 is 0.615 bits per heavy atom. The highest BCUT2D eigenvalue weighted by molar-refractivity contribution is 5.71. The summed E-state index contributed by atoms with van der Waals surface area (Å²) in [5.41, 5.74) is 3.65. The van der Waals surface area contributed by atoms with Crippen molar-refractivity contribution in [1.82, 2.24) is 0 Å². The normalized spacial score (nSPS) is 17.5. The minimum Gasteiger partial charge on any atom is -0.206 e. The third-order valence-corrected chi connectivity index (χ3v) is 8.75. The zero-order valence-corrected chi connectivity index (χ0v) is 23.9. The largest absolute Gasteiger partial charge is 0.206 e. The van der Waals surface area contributed by atoms with Gasteiger partial charge in [-0.25, -0.2) is 13.2 Å². The number of unbranched alkanes of at least 4 members (excludes halogenated alkanes) is 6. The predicted octanol–water partition coefficient (Wildman–Crippen LogP) is 11.8. The van der Waals surface area contributed by atoms with Gasteiger partial charge in [-0.15, -0.1) is 0 Å². The van der Waals surface area contributed by atoms with Crippen molar-refractivity contribution in [3.63, 3.8) is 0 Å². The zero-order valence-electron chi connectivity index (χ0n) is 23.9. The summed E-state index contributed by atoms with van der Waals surface area (Å²) >= 11 is 0. The molecule has 0 unspecified atom stereocenters. The minimum absolute atomic E-state index is 0.216. The molecule has 3 heteroatoms. The molecule has 0 amide bonds. The zero-order chi connectivity index (χ0) is 27.6. The lowest BCUT2D eigenvalue weighted by Gasteiger charge is -2.29. The predicted molar refractivity (Wildman–Crippen MR) is 158 cm³/mol. The number of rotatable bonds is 13. The van der Waals surface area contributed by atoms with Gasteiger partial charge < -0.3 is 0 Å². The lowest BCUT2D eigenvalue weighted by Crippen LogP contribution is -2.13. The molecule has 0 N–H and O–H groups in total. The smallest absolute Gasteiger partial charge is 0.166 e. The third kappa shape index (κ3) is 7.77. The molecule has 0 saturated heterocycles. The lowest BCUT2D eigenvalue weighted by molar-refractivity contribution is 0.301. The van der Waals surface area contributed by atoms with Crippen LogP contribution in [-0.2, 0) is 6.42 Å². The summed E-state index contributed by atoms with van der Waals surface area (Å²) in [5, 5.41) is 0. The standard InChI is InChI=1S/C36H45F3/c1-3-5-7-8-10-11-26-13-15-27(16-14-26)31-22-23-32(34(37)25-31)28-17-19-29(20-18-28)33-24-21-30(12-9-6-4-2)35(38)36(33)39/h17-27H,3-16H2,1-2H3. The number of aryl methyl sites for hydroxylation is 1. The third-order valence-electron chi connectivity index (χ3n) is 8.75. The van der Waals surface area contributed by atoms with Gasteiger partial charge >= 0.3 is 0 Å². The molecule has 0 aromatic heterocycles. The molecule has 0 bridgehead atoms. The summed E-state index contributed by atoms with van der Waals surface area (Å²) in [4.78, 5) is 0. The van der Waals surface area contributed by atoms with Crippen molar-refractivity contribution in [3.8, 4) is 22.3 Å². The average molecular weight is 535 g/mol. The maximum absolute atomic E-state index is 15.2. The second-order valence-corrected chi connectivity index (χ2v) is 11.6. The molecule has 0 radical (unpaired) electrons. The van der Waals surface area contributed by atoms with Crippen LogP contribution in [0.15, 0.2) is 54.6 Å². The van der Waals surface area contributed by atoms with Gasteiger partial charge in [0.1, 0.15) is 5.82 Å². The molecule has 0 spiro atoms. The highest BCUT2D eigenvalue weighted by Gasteiger charge is 2.23. The van der Waals surface area contributed by atoms with E-state index in [1.807, 2.05) is 6.07 Å². The Bertz CT molecular complexity index is 1170. The Balaban J connectivity index is 1.37. The summed E-state index contributed by atoms with van der Waals surface area (Å²) in [6.45, 7) is 4.35. The molecule has 39 heavy (non-hydrogen) atoms. The van der Waals surface area contributed by atoms with Gasteiger partial charge in [-0.1, -0.05) is 114 Å². The first kappa shape index (κ1) is 29.4. The van der Waals surface area contributed by atoms with E-state index in [1.54, 1.807) is 42.5 Å². The van der Waals surface area contributed by atoms with Crippen LogP contribution in [0.2, 0.25) is 0 Å². The van der Waals surface area contributed by atoms with E-state index in [9.17, 15) is 8.78 Å². The second kappa shape index (κ2) is 14.7. The van der Waals surface area contributed by atoms with Crippen LogP contribution in [-0.4, -0.2) is 0 Å². The quantitative estimate of drug-likeness (QED) is 0.191. The summed E-state index contributed by atoms with van der Waals surface area (Å²) < 4.78 is 44.8. The molecule has 210 valence electrons. The maximum atomic E-state index is 15.2. The molecule has 1 aliphatic carbocycles. The van der Waals surface area contributed by atoms with E-state index < -0.39 is 11.6 Å². The summed E-state index contributed by atoms with van der Waals surface area (Å²) in [6, 6.07) is 16.1. The number of hydrogen-bond donors (Lipinski definition) is 0. The van der Waals surface area contributed by atoms with Gasteiger partial charge in [0.05, 0.1) is 0 Å². The summed E-state index contributed by atoms with van der Waals surface area (Å²) in [6.07, 6.45) is 16.3. The first-order chi connectivity index (χ1) is 19.0. The van der Waals surface area contributed by atoms with E-state index in [1.165, 1.54) is 51.4 Å². The SMILES string of the molecule is CCCCCCCC1CCC(c2ccc(-c3ccc(-c4ccc(CCCCC)c(F)c4F)cc3)c(F)c2)CC1. The van der Waals surface area contributed by atoms with Crippen LogP contribution in [0.5, 0.6) is 0 Å². The Kier molecular flexibility index (Phi) is 11.1. The Morgan fingerprint density at radius 2 is 1.23 bits per heavy atom. The first-order valence-corrected chi connectivity index (χ1v) is 15.4. The van der Waals surface area contributed by atoms with Crippen molar-refractivity contribution < 1.29 is 13.2 Å². The van der Waals surface area contributed by atoms with E-state index >= 15 is 4.39 Å². The fourth-order valence-corrected chi connectivity index (χ4v) is 6.24. The Hall–Kier alpha value is -2.55. The lowest BCUT2D eigenvalue weighted by atomic mass is 9.77. The molecule has 1 fully saturated rings. The van der Waals surface area contributed by atoms with Gasteiger partial charge in [-0.05, 0) is 78.7 Å². The second-order valence-electron chi connectivity index (χ2n) is 11.6. The van der Waals surface area contributed by atoms with Crippen molar-refractivity contribution in [3.05, 3.63) is 83.2 Å². The van der Waals surface area contributed by atoms with Crippen molar-refractivity contribution in [2.45, 2.75) is 110 Å². The monoisotopic (exact) mass is 534 g/mol. The molecule has 0 aliphatic heterocycles. The van der Waals surface area contributed by atoms with Crippen molar-refractivity contribution in [1.29, 1.82) is 0 Å². The molecule has 3 aromatic carbocycles. The summed E-state index contributed by atoms with van der Waals surface area (Å²) in [7, 11) is 0. The average Bonchev–Trinajstić information content (AvgIpc) is 2.96. The van der Waals surface area contributed by atoms with Crippen molar-refractivity contribution in [2.24, 2.45) is 5.92 Å². The fraction of sp³-hybridized carbons (Fsp3) is 0.500. The van der Waals surface area contributed by atoms with E-state index in [0.29, 0.717) is 29.0 Å². The van der Waals surface area contributed by atoms with Crippen LogP contribution in [0.3, 0.4) is 0 Å².